The zero-order valence-electron chi connectivity index (χ0n) is 23.9. The summed E-state index contributed by atoms with van der Waals surface area (Å²) in [6.45, 7) is 2.31. The van der Waals surface area contributed by atoms with Gasteiger partial charge >= 0.3 is 10.2 Å². The van der Waals surface area contributed by atoms with Gasteiger partial charge in [-0.1, -0.05) is 18.2 Å². The van der Waals surface area contributed by atoms with E-state index < -0.39 is 21.5 Å². The Labute approximate surface area is 248 Å². The molecule has 0 saturated heterocycles. The molecule has 0 radical (unpaired) electrons. The fourth-order valence-electron chi connectivity index (χ4n) is 4.80. The van der Waals surface area contributed by atoms with E-state index in [1.807, 2.05) is 41.1 Å². The van der Waals surface area contributed by atoms with Crippen molar-refractivity contribution in [2.24, 2.45) is 0 Å². The Balaban J connectivity index is 1.36. The predicted octanol–water partition coefficient (Wildman–Crippen LogP) is 3.83. The monoisotopic (exact) mass is 611 g/mol. The van der Waals surface area contributed by atoms with Gasteiger partial charge in [0.25, 0.3) is 5.91 Å². The summed E-state index contributed by atoms with van der Waals surface area (Å²) in [7, 11) is 0.250. The minimum absolute atomic E-state index is 0.0213. The summed E-state index contributed by atoms with van der Waals surface area (Å²) < 4.78 is 38.5. The Morgan fingerprint density at radius 2 is 1.93 bits per heavy atom. The molecule has 0 spiro atoms. The normalized spacial score (nSPS) is 14.2. The second kappa shape index (κ2) is 11.8. The summed E-state index contributed by atoms with van der Waals surface area (Å²) in [5, 5.41) is 1.57. The van der Waals surface area contributed by atoms with Crippen LogP contribution in [-0.4, -0.2) is 67.2 Å². The molecule has 1 fully saturated rings. The number of fused-ring (bicyclic) bond motifs is 1. The summed E-state index contributed by atoms with van der Waals surface area (Å²) in [4.78, 5) is 38.1. The van der Waals surface area contributed by atoms with E-state index in [2.05, 4.69) is 9.97 Å². The maximum absolute atomic E-state index is 14.1. The fraction of sp³-hybridized carbons (Fsp3) is 0.379. The average molecular weight is 612 g/mol. The van der Waals surface area contributed by atoms with Crippen LogP contribution in [0, 0.1) is 6.92 Å². The first-order chi connectivity index (χ1) is 20.0. The molecular formula is C29H33N5O6S2. The number of methoxy groups -OCH3 is 1. The van der Waals surface area contributed by atoms with Gasteiger partial charge < -0.3 is 14.1 Å². The molecule has 1 aromatic carbocycles. The predicted molar refractivity (Wildman–Crippen MR) is 159 cm³/mol. The highest BCUT2D eigenvalue weighted by Gasteiger charge is 2.54. The number of nitrogens with one attached hydrogen (secondary N) is 1. The number of furan rings is 1. The Morgan fingerprint density at radius 3 is 2.57 bits per heavy atom. The van der Waals surface area contributed by atoms with E-state index in [0.717, 1.165) is 21.0 Å². The first kappa shape index (κ1) is 29.7. The lowest BCUT2D eigenvalue weighted by Gasteiger charge is -2.26. The maximum atomic E-state index is 14.1. The number of thiazole rings is 1. The number of rotatable bonds is 12. The number of nitrogens with zero attached hydrogens (tertiary/aromatic N) is 4. The molecule has 13 heteroatoms. The number of pyridine rings is 1. The molecule has 0 unspecified atom stereocenters. The van der Waals surface area contributed by atoms with Crippen molar-refractivity contribution in [1.82, 2.24) is 23.9 Å². The molecule has 0 atom stereocenters. The molecule has 1 N–H and O–H groups in total. The van der Waals surface area contributed by atoms with Gasteiger partial charge in [-0.05, 0) is 50.5 Å². The quantitative estimate of drug-likeness (QED) is 0.255. The lowest BCUT2D eigenvalue weighted by molar-refractivity contribution is -0.134. The Hall–Kier alpha value is -3.81. The molecule has 0 aliphatic heterocycles. The van der Waals surface area contributed by atoms with Gasteiger partial charge in [0.2, 0.25) is 5.91 Å². The summed E-state index contributed by atoms with van der Waals surface area (Å²) >= 11 is 1.26. The van der Waals surface area contributed by atoms with Crippen LogP contribution < -0.4 is 9.46 Å². The zero-order chi connectivity index (χ0) is 30.1. The topological polar surface area (TPSA) is 135 Å². The van der Waals surface area contributed by atoms with E-state index in [1.165, 1.54) is 25.4 Å². The number of benzene rings is 1. The smallest absolute Gasteiger partial charge is 0.303 e. The second-order valence-electron chi connectivity index (χ2n) is 10.5. The number of hydrogen-bond acceptors (Lipinski definition) is 9. The van der Waals surface area contributed by atoms with Crippen molar-refractivity contribution >= 4 is 44.3 Å². The van der Waals surface area contributed by atoms with Crippen LogP contribution in [0.25, 0.3) is 11.0 Å². The largest absolute Gasteiger partial charge is 0.495 e. The summed E-state index contributed by atoms with van der Waals surface area (Å²) in [6, 6.07) is 13.5. The van der Waals surface area contributed by atoms with Crippen LogP contribution in [-0.2, 0) is 33.4 Å². The Kier molecular flexibility index (Phi) is 8.35. The Bertz CT molecular complexity index is 1670. The van der Waals surface area contributed by atoms with Gasteiger partial charge in [-0.15, -0.1) is 11.3 Å². The number of amides is 2. The number of hydrogen-bond donors (Lipinski definition) is 1. The highest BCUT2D eigenvalue weighted by Crippen LogP contribution is 2.49. The number of carbonyl (C=O) groups is 2. The molecule has 11 nitrogen and oxygen atoms in total. The first-order valence-corrected chi connectivity index (χ1v) is 15.8. The minimum atomic E-state index is -3.98. The molecule has 1 aliphatic rings. The molecule has 1 aliphatic carbocycles. The SMILES string of the molecule is COc1ccc(C2(C(=O)N(CCCc3cc4ccccc4o3)Cc3nc(C(=O)NS(=O)(=O)N(C)C)c(C)s3)CC2)nc1. The number of ether oxygens (including phenoxy) is 1. The summed E-state index contributed by atoms with van der Waals surface area (Å²) in [6.07, 6.45) is 4.26. The van der Waals surface area contributed by atoms with Crippen LogP contribution in [0.4, 0.5) is 0 Å². The van der Waals surface area contributed by atoms with Gasteiger partial charge in [0.15, 0.2) is 0 Å². The van der Waals surface area contributed by atoms with Crippen molar-refractivity contribution in [3.63, 3.8) is 0 Å². The molecule has 222 valence electrons. The van der Waals surface area contributed by atoms with Crippen molar-refractivity contribution in [3.05, 3.63) is 75.7 Å². The second-order valence-corrected chi connectivity index (χ2v) is 13.6. The van der Waals surface area contributed by atoms with Crippen LogP contribution in [0.15, 0.2) is 53.1 Å². The fourth-order valence-corrected chi connectivity index (χ4v) is 6.26. The molecule has 3 heterocycles. The number of para-hydroxylation sites is 1. The highest BCUT2D eigenvalue weighted by atomic mass is 32.2. The van der Waals surface area contributed by atoms with Crippen molar-refractivity contribution < 1.29 is 27.2 Å². The summed E-state index contributed by atoms with van der Waals surface area (Å²) in [5.41, 5.74) is 0.814. The van der Waals surface area contributed by atoms with Crippen LogP contribution in [0.2, 0.25) is 0 Å². The third-order valence-electron chi connectivity index (χ3n) is 7.32. The number of carbonyl (C=O) groups excluding carboxylic acids is 2. The van der Waals surface area contributed by atoms with Crippen molar-refractivity contribution in [1.29, 1.82) is 0 Å². The van der Waals surface area contributed by atoms with Crippen LogP contribution in [0.1, 0.15) is 51.1 Å². The van der Waals surface area contributed by atoms with Gasteiger partial charge in [-0.3, -0.25) is 14.6 Å². The molecule has 2 amide bonds. The van der Waals surface area contributed by atoms with Gasteiger partial charge in [0.1, 0.15) is 27.8 Å². The third kappa shape index (κ3) is 6.18. The lowest BCUT2D eigenvalue weighted by Crippen LogP contribution is -2.40. The van der Waals surface area contributed by atoms with Crippen LogP contribution in [0.3, 0.4) is 0 Å². The maximum Gasteiger partial charge on any atom is 0.303 e. The number of aryl methyl sites for hydroxylation is 2. The third-order valence-corrected chi connectivity index (χ3v) is 9.68. The van der Waals surface area contributed by atoms with E-state index >= 15 is 0 Å². The van der Waals surface area contributed by atoms with Gasteiger partial charge in [-0.2, -0.15) is 12.7 Å². The zero-order valence-corrected chi connectivity index (χ0v) is 25.5. The van der Waals surface area contributed by atoms with E-state index in [4.69, 9.17) is 9.15 Å². The molecule has 5 rings (SSSR count). The van der Waals surface area contributed by atoms with E-state index in [9.17, 15) is 18.0 Å². The average Bonchev–Trinajstić information content (AvgIpc) is 3.54. The molecule has 3 aromatic heterocycles. The molecule has 4 aromatic rings. The van der Waals surface area contributed by atoms with Crippen LogP contribution >= 0.6 is 11.3 Å². The van der Waals surface area contributed by atoms with Crippen LogP contribution in [0.5, 0.6) is 5.75 Å². The van der Waals surface area contributed by atoms with Gasteiger partial charge in [-0.25, -0.2) is 9.71 Å². The number of aromatic nitrogens is 2. The highest BCUT2D eigenvalue weighted by molar-refractivity contribution is 7.87. The molecule has 42 heavy (non-hydrogen) atoms. The van der Waals surface area contributed by atoms with Crippen molar-refractivity contribution in [2.75, 3.05) is 27.7 Å². The van der Waals surface area contributed by atoms with Crippen molar-refractivity contribution in [3.8, 4) is 5.75 Å². The molecule has 0 bridgehead atoms. The van der Waals surface area contributed by atoms with Gasteiger partial charge in [0.05, 0.1) is 31.0 Å². The minimum Gasteiger partial charge on any atom is -0.495 e. The van der Waals surface area contributed by atoms with E-state index in [1.54, 1.807) is 31.2 Å². The molecular weight excluding hydrogens is 578 g/mol. The van der Waals surface area contributed by atoms with E-state index in [0.29, 0.717) is 53.6 Å². The Morgan fingerprint density at radius 1 is 1.17 bits per heavy atom. The lowest BCUT2D eigenvalue weighted by atomic mass is 9.99. The molecule has 1 saturated carbocycles. The van der Waals surface area contributed by atoms with E-state index in [-0.39, 0.29) is 18.1 Å². The first-order valence-electron chi connectivity index (χ1n) is 13.5. The van der Waals surface area contributed by atoms with Crippen molar-refractivity contribution in [2.45, 2.75) is 44.6 Å². The standard InChI is InChI=1S/C29H33N5O6S2/c1-19-26(27(35)32-42(37,38)33(2)3)31-25(41-19)18-34(15-7-9-21-16-20-8-5-6-10-23(20)40-21)28(36)29(13-14-29)24-12-11-22(39-4)17-30-24/h5-6,8,10-12,16-17H,7,9,13-15,18H2,1-4H3,(H,32,35). The summed E-state index contributed by atoms with van der Waals surface area (Å²) in [5.74, 6) is 0.587. The van der Waals surface area contributed by atoms with Gasteiger partial charge in [0, 0.05) is 37.3 Å².